The molecule has 0 radical (unpaired) electrons. The van der Waals surface area contributed by atoms with Crippen LogP contribution in [0.5, 0.6) is 0 Å². The van der Waals surface area contributed by atoms with E-state index in [9.17, 15) is 14.7 Å². The summed E-state index contributed by atoms with van der Waals surface area (Å²) in [6.07, 6.45) is 0. The highest BCUT2D eigenvalue weighted by molar-refractivity contribution is 6.07. The molecule has 0 bridgehead atoms. The van der Waals surface area contributed by atoms with Gasteiger partial charge in [-0.05, 0) is 23.3 Å². The van der Waals surface area contributed by atoms with Crippen molar-refractivity contribution in [3.05, 3.63) is 96.3 Å². The molecule has 3 aromatic carbocycles. The van der Waals surface area contributed by atoms with Gasteiger partial charge in [0.25, 0.3) is 5.91 Å². The molecule has 0 spiro atoms. The molecule has 142 valence electrons. The molecule has 1 heterocycles. The van der Waals surface area contributed by atoms with Gasteiger partial charge in [-0.1, -0.05) is 71.9 Å². The third kappa shape index (κ3) is 3.91. The van der Waals surface area contributed by atoms with Crippen LogP contribution in [0.4, 0.5) is 5.69 Å². The maximum atomic E-state index is 12.6. The molecule has 6 nitrogen and oxygen atoms in total. The Morgan fingerprint density at radius 3 is 2.10 bits per heavy atom. The molecular weight excluding hydrogens is 368 g/mol. The number of carbonyl (C=O) groups excluding carboxylic acids is 1. The van der Waals surface area contributed by atoms with Crippen molar-refractivity contribution in [2.45, 2.75) is 0 Å². The van der Waals surface area contributed by atoms with Crippen molar-refractivity contribution in [3.8, 4) is 22.4 Å². The first-order chi connectivity index (χ1) is 14.1. The molecule has 0 fully saturated rings. The van der Waals surface area contributed by atoms with Crippen LogP contribution < -0.4 is 5.32 Å². The standard InChI is InChI=1S/C23H16N2O4/c26-22(21-14-19(25-29-21)16-9-5-2-6-10-16)24-20-13-17(11-12-18(20)23(27)28)15-7-3-1-4-8-15/h1-14H,(H,24,26)(H,27,28). The lowest BCUT2D eigenvalue weighted by molar-refractivity contribution is 0.0698. The van der Waals surface area contributed by atoms with Crippen LogP contribution in [-0.4, -0.2) is 22.1 Å². The Balaban J connectivity index is 1.63. The van der Waals surface area contributed by atoms with Crippen LogP contribution >= 0.6 is 0 Å². The molecule has 1 amide bonds. The first kappa shape index (κ1) is 18.2. The number of hydrogen-bond donors (Lipinski definition) is 2. The zero-order chi connectivity index (χ0) is 20.2. The number of aromatic carboxylic acids is 1. The summed E-state index contributed by atoms with van der Waals surface area (Å²) in [6.45, 7) is 0. The van der Waals surface area contributed by atoms with Crippen LogP contribution in [-0.2, 0) is 0 Å². The van der Waals surface area contributed by atoms with Crippen LogP contribution in [0.3, 0.4) is 0 Å². The number of carboxylic acid groups (broad SMARTS) is 1. The number of carbonyl (C=O) groups is 2. The molecule has 2 N–H and O–H groups in total. The van der Waals surface area contributed by atoms with Gasteiger partial charge < -0.3 is 14.9 Å². The maximum absolute atomic E-state index is 12.6. The summed E-state index contributed by atoms with van der Waals surface area (Å²) in [5, 5.41) is 16.0. The fraction of sp³-hybridized carbons (Fsp3) is 0. The molecule has 4 rings (SSSR count). The summed E-state index contributed by atoms with van der Waals surface area (Å²) in [4.78, 5) is 24.2. The highest BCUT2D eigenvalue weighted by atomic mass is 16.5. The van der Waals surface area contributed by atoms with E-state index in [4.69, 9.17) is 4.52 Å². The number of hydrogen-bond acceptors (Lipinski definition) is 4. The second-order valence-corrected chi connectivity index (χ2v) is 6.33. The van der Waals surface area contributed by atoms with E-state index >= 15 is 0 Å². The number of rotatable bonds is 5. The Kier molecular flexibility index (Phi) is 4.90. The quantitative estimate of drug-likeness (QED) is 0.507. The summed E-state index contributed by atoms with van der Waals surface area (Å²) >= 11 is 0. The van der Waals surface area contributed by atoms with Crippen molar-refractivity contribution >= 4 is 17.6 Å². The second kappa shape index (κ2) is 7.82. The molecule has 0 atom stereocenters. The predicted octanol–water partition coefficient (Wildman–Crippen LogP) is 4.96. The van der Waals surface area contributed by atoms with Crippen LogP contribution in [0.25, 0.3) is 22.4 Å². The molecule has 4 aromatic rings. The smallest absolute Gasteiger partial charge is 0.337 e. The predicted molar refractivity (Wildman–Crippen MR) is 109 cm³/mol. The SMILES string of the molecule is O=C(Nc1cc(-c2ccccc2)ccc1C(=O)O)c1cc(-c2ccccc2)no1. The van der Waals surface area contributed by atoms with Gasteiger partial charge in [-0.15, -0.1) is 0 Å². The molecular formula is C23H16N2O4. The van der Waals surface area contributed by atoms with Crippen molar-refractivity contribution in [2.75, 3.05) is 5.32 Å². The van der Waals surface area contributed by atoms with E-state index in [0.717, 1.165) is 16.7 Å². The van der Waals surface area contributed by atoms with E-state index < -0.39 is 11.9 Å². The highest BCUT2D eigenvalue weighted by Crippen LogP contribution is 2.27. The minimum absolute atomic E-state index is 0.00898. The zero-order valence-electron chi connectivity index (χ0n) is 15.2. The fourth-order valence-electron chi connectivity index (χ4n) is 2.96. The molecule has 0 aliphatic heterocycles. The van der Waals surface area contributed by atoms with Crippen molar-refractivity contribution in [2.24, 2.45) is 0 Å². The minimum atomic E-state index is -1.14. The van der Waals surface area contributed by atoms with E-state index in [1.54, 1.807) is 12.1 Å². The average Bonchev–Trinajstić information content (AvgIpc) is 3.25. The topological polar surface area (TPSA) is 92.4 Å². The molecule has 29 heavy (non-hydrogen) atoms. The Morgan fingerprint density at radius 1 is 0.793 bits per heavy atom. The maximum Gasteiger partial charge on any atom is 0.337 e. The van der Waals surface area contributed by atoms with E-state index in [1.807, 2.05) is 60.7 Å². The third-order valence-corrected chi connectivity index (χ3v) is 4.41. The molecule has 1 aromatic heterocycles. The van der Waals surface area contributed by atoms with Gasteiger partial charge in [0.1, 0.15) is 5.69 Å². The van der Waals surface area contributed by atoms with Crippen LogP contribution in [0.2, 0.25) is 0 Å². The number of amides is 1. The summed E-state index contributed by atoms with van der Waals surface area (Å²) < 4.78 is 5.16. The van der Waals surface area contributed by atoms with Crippen LogP contribution in [0.1, 0.15) is 20.9 Å². The lowest BCUT2D eigenvalue weighted by atomic mass is 10.0. The Labute approximate surface area is 166 Å². The molecule has 0 saturated heterocycles. The largest absolute Gasteiger partial charge is 0.478 e. The normalized spacial score (nSPS) is 10.5. The highest BCUT2D eigenvalue weighted by Gasteiger charge is 2.18. The van der Waals surface area contributed by atoms with E-state index in [2.05, 4.69) is 10.5 Å². The van der Waals surface area contributed by atoms with E-state index in [1.165, 1.54) is 12.1 Å². The van der Waals surface area contributed by atoms with Crippen LogP contribution in [0.15, 0.2) is 89.5 Å². The number of carboxylic acids is 1. The second-order valence-electron chi connectivity index (χ2n) is 6.33. The lowest BCUT2D eigenvalue weighted by Crippen LogP contribution is -2.14. The van der Waals surface area contributed by atoms with E-state index in [-0.39, 0.29) is 17.0 Å². The molecule has 0 aliphatic carbocycles. The Morgan fingerprint density at radius 2 is 1.45 bits per heavy atom. The zero-order valence-corrected chi connectivity index (χ0v) is 15.2. The van der Waals surface area contributed by atoms with Gasteiger partial charge in [0.05, 0.1) is 11.3 Å². The number of nitrogens with one attached hydrogen (secondary N) is 1. The van der Waals surface area contributed by atoms with Crippen molar-refractivity contribution in [1.82, 2.24) is 5.16 Å². The van der Waals surface area contributed by atoms with Gasteiger partial charge in [-0.2, -0.15) is 0 Å². The minimum Gasteiger partial charge on any atom is -0.478 e. The third-order valence-electron chi connectivity index (χ3n) is 4.41. The molecule has 6 heteroatoms. The Hall–Kier alpha value is -4.19. The van der Waals surface area contributed by atoms with Gasteiger partial charge in [-0.3, -0.25) is 4.79 Å². The monoisotopic (exact) mass is 384 g/mol. The van der Waals surface area contributed by atoms with Gasteiger partial charge >= 0.3 is 5.97 Å². The van der Waals surface area contributed by atoms with E-state index in [0.29, 0.717) is 5.69 Å². The number of nitrogens with zero attached hydrogens (tertiary/aromatic N) is 1. The van der Waals surface area contributed by atoms with Gasteiger partial charge in [0.2, 0.25) is 5.76 Å². The summed E-state index contributed by atoms with van der Waals surface area (Å²) in [5.74, 6) is -1.72. The molecule has 0 unspecified atom stereocenters. The summed E-state index contributed by atoms with van der Waals surface area (Å²) in [5.41, 5.74) is 3.20. The van der Waals surface area contributed by atoms with Crippen molar-refractivity contribution in [1.29, 1.82) is 0 Å². The first-order valence-electron chi connectivity index (χ1n) is 8.88. The molecule has 0 saturated carbocycles. The number of anilines is 1. The first-order valence-corrected chi connectivity index (χ1v) is 8.88. The number of aromatic nitrogens is 1. The number of benzene rings is 3. The molecule has 0 aliphatic rings. The van der Waals surface area contributed by atoms with Gasteiger partial charge in [0, 0.05) is 11.6 Å². The Bertz CT molecular complexity index is 1170. The summed E-state index contributed by atoms with van der Waals surface area (Å²) in [7, 11) is 0. The van der Waals surface area contributed by atoms with Crippen molar-refractivity contribution < 1.29 is 19.2 Å². The van der Waals surface area contributed by atoms with Gasteiger partial charge in [0.15, 0.2) is 0 Å². The lowest BCUT2D eigenvalue weighted by Gasteiger charge is -2.10. The fourth-order valence-corrected chi connectivity index (χ4v) is 2.96. The van der Waals surface area contributed by atoms with Crippen LogP contribution in [0, 0.1) is 0 Å². The van der Waals surface area contributed by atoms with Gasteiger partial charge in [-0.25, -0.2) is 4.79 Å². The summed E-state index contributed by atoms with van der Waals surface area (Å²) in [6, 6.07) is 25.1. The van der Waals surface area contributed by atoms with Crippen molar-refractivity contribution in [3.63, 3.8) is 0 Å². The average molecular weight is 384 g/mol.